The Balaban J connectivity index is 3.23. The number of rotatable bonds is 3. The number of nitrogens with zero attached hydrogens (tertiary/aromatic N) is 2. The lowest BCUT2D eigenvalue weighted by Crippen LogP contribution is -2.23. The molecule has 5 heteroatoms. The Morgan fingerprint density at radius 3 is 2.56 bits per heavy atom. The molecule has 5 nitrogen and oxygen atoms in total. The summed E-state index contributed by atoms with van der Waals surface area (Å²) in [5.74, 6) is -0.00421. The van der Waals surface area contributed by atoms with Crippen molar-refractivity contribution in [2.75, 3.05) is 0 Å². The number of hydrogen-bond acceptors (Lipinski definition) is 4. The number of non-ortho nitro benzene ring substituents is 1. The Morgan fingerprint density at radius 2 is 2.12 bits per heavy atom. The van der Waals surface area contributed by atoms with Gasteiger partial charge in [0.1, 0.15) is 0 Å². The maximum Gasteiger partial charge on any atom is 0.270 e. The van der Waals surface area contributed by atoms with Crippen molar-refractivity contribution < 1.29 is 4.92 Å². The molecule has 1 rings (SSSR count). The van der Waals surface area contributed by atoms with Crippen molar-refractivity contribution in [2.45, 2.75) is 25.8 Å². The molecule has 16 heavy (non-hydrogen) atoms. The van der Waals surface area contributed by atoms with Crippen LogP contribution in [0.4, 0.5) is 5.69 Å². The summed E-state index contributed by atoms with van der Waals surface area (Å²) in [6.45, 7) is 3.74. The van der Waals surface area contributed by atoms with Crippen LogP contribution in [-0.2, 0) is 0 Å². The van der Waals surface area contributed by atoms with Gasteiger partial charge in [-0.15, -0.1) is 0 Å². The lowest BCUT2D eigenvalue weighted by molar-refractivity contribution is -0.384. The van der Waals surface area contributed by atoms with Crippen LogP contribution in [0.2, 0.25) is 0 Å². The maximum absolute atomic E-state index is 10.6. The summed E-state index contributed by atoms with van der Waals surface area (Å²) in [7, 11) is 0. The van der Waals surface area contributed by atoms with Crippen LogP contribution < -0.4 is 5.73 Å². The van der Waals surface area contributed by atoms with Gasteiger partial charge in [-0.3, -0.25) is 10.1 Å². The Kier molecular flexibility index (Phi) is 3.59. The largest absolute Gasteiger partial charge is 0.327 e. The highest BCUT2D eigenvalue weighted by Crippen LogP contribution is 2.25. The van der Waals surface area contributed by atoms with Gasteiger partial charge in [0.15, 0.2) is 0 Å². The zero-order chi connectivity index (χ0) is 12.3. The average Bonchev–Trinajstić information content (AvgIpc) is 2.26. The van der Waals surface area contributed by atoms with E-state index in [0.717, 1.165) is 5.56 Å². The zero-order valence-corrected chi connectivity index (χ0v) is 9.18. The van der Waals surface area contributed by atoms with Crippen molar-refractivity contribution in [3.8, 4) is 6.07 Å². The van der Waals surface area contributed by atoms with Crippen LogP contribution in [0.5, 0.6) is 0 Å². The van der Waals surface area contributed by atoms with Crippen molar-refractivity contribution in [1.82, 2.24) is 0 Å². The number of nitro benzene ring substituents is 1. The normalized spacial score (nSPS) is 13.9. The van der Waals surface area contributed by atoms with Gasteiger partial charge in [0.2, 0.25) is 0 Å². The van der Waals surface area contributed by atoms with Gasteiger partial charge in [0.25, 0.3) is 5.69 Å². The molecular formula is C11H13N3O2. The predicted octanol–water partition coefficient (Wildman–Crippen LogP) is 1.92. The van der Waals surface area contributed by atoms with E-state index in [9.17, 15) is 10.1 Å². The number of hydrogen-bond donors (Lipinski definition) is 1. The van der Waals surface area contributed by atoms with E-state index in [-0.39, 0.29) is 17.6 Å². The summed E-state index contributed by atoms with van der Waals surface area (Å²) in [6.07, 6.45) is 0. The van der Waals surface area contributed by atoms with Crippen LogP contribution >= 0.6 is 0 Å². The van der Waals surface area contributed by atoms with E-state index in [1.54, 1.807) is 6.07 Å². The molecule has 0 saturated heterocycles. The highest BCUT2D eigenvalue weighted by molar-refractivity contribution is 5.47. The van der Waals surface area contributed by atoms with Gasteiger partial charge < -0.3 is 5.73 Å². The second-order valence-electron chi connectivity index (χ2n) is 3.79. The van der Waals surface area contributed by atoms with Crippen molar-refractivity contribution in [2.24, 2.45) is 5.73 Å². The third-order valence-electron chi connectivity index (χ3n) is 2.65. The minimum atomic E-state index is -0.513. The molecule has 0 aliphatic rings. The monoisotopic (exact) mass is 219 g/mol. The molecule has 0 saturated carbocycles. The molecular weight excluding hydrogens is 206 g/mol. The molecule has 0 bridgehead atoms. The molecule has 2 atom stereocenters. The molecule has 2 unspecified atom stereocenters. The van der Waals surface area contributed by atoms with Crippen molar-refractivity contribution in [3.05, 3.63) is 39.4 Å². The van der Waals surface area contributed by atoms with E-state index in [0.29, 0.717) is 5.56 Å². The summed E-state index contributed by atoms with van der Waals surface area (Å²) in [6, 6.07) is 6.15. The van der Waals surface area contributed by atoms with E-state index in [1.165, 1.54) is 12.1 Å². The third-order valence-corrected chi connectivity index (χ3v) is 2.65. The van der Waals surface area contributed by atoms with Crippen LogP contribution in [0.15, 0.2) is 18.2 Å². The molecule has 1 aromatic rings. The van der Waals surface area contributed by atoms with Crippen molar-refractivity contribution >= 4 is 5.69 Å². The van der Waals surface area contributed by atoms with Crippen LogP contribution in [0, 0.1) is 21.4 Å². The number of nitrogens with two attached hydrogens (primary N) is 1. The molecule has 84 valence electrons. The van der Waals surface area contributed by atoms with E-state index in [4.69, 9.17) is 11.0 Å². The summed E-state index contributed by atoms with van der Waals surface area (Å²) >= 11 is 0. The van der Waals surface area contributed by atoms with Crippen LogP contribution in [0.1, 0.15) is 30.9 Å². The Hall–Kier alpha value is -1.93. The first-order chi connectivity index (χ1) is 7.47. The summed E-state index contributed by atoms with van der Waals surface area (Å²) in [5, 5.41) is 19.5. The summed E-state index contributed by atoms with van der Waals surface area (Å²) in [5.41, 5.74) is 6.75. The van der Waals surface area contributed by atoms with Gasteiger partial charge in [-0.25, -0.2) is 0 Å². The highest BCUT2D eigenvalue weighted by atomic mass is 16.6. The third kappa shape index (κ3) is 2.35. The highest BCUT2D eigenvalue weighted by Gasteiger charge is 2.17. The Bertz CT molecular complexity index is 449. The van der Waals surface area contributed by atoms with Crippen molar-refractivity contribution in [1.29, 1.82) is 5.26 Å². The number of nitro groups is 1. The second-order valence-corrected chi connectivity index (χ2v) is 3.79. The quantitative estimate of drug-likeness (QED) is 0.620. The molecule has 0 spiro atoms. The molecule has 0 aromatic heterocycles. The SMILES string of the molecule is CC(N)C(C)c1ccc([N+](=O)[O-])cc1C#N. The molecule has 2 N–H and O–H groups in total. The number of nitriles is 1. The first-order valence-corrected chi connectivity index (χ1v) is 4.91. The Morgan fingerprint density at radius 1 is 1.50 bits per heavy atom. The molecule has 0 amide bonds. The van der Waals surface area contributed by atoms with Gasteiger partial charge in [-0.2, -0.15) is 5.26 Å². The standard InChI is InChI=1S/C11H13N3O2/c1-7(8(2)13)11-4-3-10(14(15)16)5-9(11)6-12/h3-5,7-8H,13H2,1-2H3. The van der Waals surface area contributed by atoms with E-state index in [1.807, 2.05) is 19.9 Å². The molecule has 0 aliphatic carbocycles. The van der Waals surface area contributed by atoms with Gasteiger partial charge in [-0.05, 0) is 18.4 Å². The van der Waals surface area contributed by atoms with Crippen LogP contribution in [0.3, 0.4) is 0 Å². The maximum atomic E-state index is 10.6. The lowest BCUT2D eigenvalue weighted by Gasteiger charge is -2.16. The smallest absolute Gasteiger partial charge is 0.270 e. The molecule has 0 fully saturated rings. The van der Waals surface area contributed by atoms with E-state index in [2.05, 4.69) is 0 Å². The fourth-order valence-corrected chi connectivity index (χ4v) is 1.43. The molecule has 0 radical (unpaired) electrons. The topological polar surface area (TPSA) is 92.9 Å². The van der Waals surface area contributed by atoms with Crippen LogP contribution in [-0.4, -0.2) is 11.0 Å². The summed E-state index contributed by atoms with van der Waals surface area (Å²) < 4.78 is 0. The molecule has 0 aliphatic heterocycles. The van der Waals surface area contributed by atoms with Gasteiger partial charge >= 0.3 is 0 Å². The Labute approximate surface area is 93.6 Å². The second kappa shape index (κ2) is 4.73. The molecule has 0 heterocycles. The van der Waals surface area contributed by atoms with E-state index < -0.39 is 4.92 Å². The van der Waals surface area contributed by atoms with Gasteiger partial charge in [-0.1, -0.05) is 13.0 Å². The minimum Gasteiger partial charge on any atom is -0.327 e. The van der Waals surface area contributed by atoms with Crippen molar-refractivity contribution in [3.63, 3.8) is 0 Å². The fourth-order valence-electron chi connectivity index (χ4n) is 1.43. The van der Waals surface area contributed by atoms with Gasteiger partial charge in [0.05, 0.1) is 16.6 Å². The van der Waals surface area contributed by atoms with Crippen LogP contribution in [0.25, 0.3) is 0 Å². The minimum absolute atomic E-state index is 0.00421. The first kappa shape index (κ1) is 12.1. The predicted molar refractivity (Wildman–Crippen MR) is 59.9 cm³/mol. The fraction of sp³-hybridized carbons (Fsp3) is 0.364. The lowest BCUT2D eigenvalue weighted by atomic mass is 9.91. The molecule has 1 aromatic carbocycles. The summed E-state index contributed by atoms with van der Waals surface area (Å²) in [4.78, 5) is 10.0. The first-order valence-electron chi connectivity index (χ1n) is 4.91. The average molecular weight is 219 g/mol. The van der Waals surface area contributed by atoms with Gasteiger partial charge in [0, 0.05) is 18.2 Å². The van der Waals surface area contributed by atoms with E-state index >= 15 is 0 Å². The number of benzene rings is 1. The zero-order valence-electron chi connectivity index (χ0n) is 9.18.